The maximum Gasteiger partial charge on any atom is 0.213 e. The molecule has 0 fully saturated rings. The Labute approximate surface area is 163 Å². The molecule has 0 spiro atoms. The maximum absolute atomic E-state index is 2.48. The molecule has 140 valence electrons. The molecule has 3 aromatic rings. The van der Waals surface area contributed by atoms with Gasteiger partial charge in [-0.3, -0.25) is 0 Å². The van der Waals surface area contributed by atoms with E-state index in [-0.39, 0.29) is 5.41 Å². The molecule has 0 N–H and O–H groups in total. The van der Waals surface area contributed by atoms with E-state index < -0.39 is 0 Å². The molecule has 0 atom stereocenters. The number of fused-ring (bicyclic) bond motifs is 5. The largest absolute Gasteiger partial charge is 0.213 e. The highest BCUT2D eigenvalue weighted by molar-refractivity contribution is 5.98. The van der Waals surface area contributed by atoms with Crippen LogP contribution in [0.4, 0.5) is 0 Å². The first-order valence-corrected chi connectivity index (χ1v) is 10.6. The van der Waals surface area contributed by atoms with E-state index in [2.05, 4.69) is 85.8 Å². The number of rotatable bonds is 6. The van der Waals surface area contributed by atoms with Crippen LogP contribution < -0.4 is 9.13 Å². The first kappa shape index (κ1) is 18.2. The molecular weight excluding hydrogens is 328 g/mol. The molecule has 2 aromatic heterocycles. The Morgan fingerprint density at radius 2 is 1.59 bits per heavy atom. The van der Waals surface area contributed by atoms with E-state index in [9.17, 15) is 0 Å². The van der Waals surface area contributed by atoms with Crippen molar-refractivity contribution in [2.24, 2.45) is 0 Å². The molecule has 0 saturated carbocycles. The highest BCUT2D eigenvalue weighted by Gasteiger charge is 2.41. The van der Waals surface area contributed by atoms with Gasteiger partial charge in [0.15, 0.2) is 18.6 Å². The summed E-state index contributed by atoms with van der Waals surface area (Å²) in [6.45, 7) is 11.5. The number of unbranched alkanes of at least 4 members (excludes halogenated alkanes) is 2. The zero-order chi connectivity index (χ0) is 19.0. The van der Waals surface area contributed by atoms with E-state index in [1.807, 2.05) is 0 Å². The molecule has 2 nitrogen and oxygen atoms in total. The topological polar surface area (TPSA) is 7.76 Å². The van der Waals surface area contributed by atoms with Crippen LogP contribution in [0.15, 0.2) is 48.9 Å². The third-order valence-corrected chi connectivity index (χ3v) is 6.19. The molecule has 0 radical (unpaired) electrons. The minimum atomic E-state index is 0.0396. The number of nitrogens with zero attached hydrogens (tertiary/aromatic N) is 2. The van der Waals surface area contributed by atoms with Gasteiger partial charge in [0, 0.05) is 47.1 Å². The van der Waals surface area contributed by atoms with E-state index in [4.69, 9.17) is 0 Å². The highest BCUT2D eigenvalue weighted by Crippen LogP contribution is 2.49. The van der Waals surface area contributed by atoms with Crippen LogP contribution >= 0.6 is 0 Å². The summed E-state index contributed by atoms with van der Waals surface area (Å²) in [5.41, 5.74) is 7.20. The predicted molar refractivity (Wildman–Crippen MR) is 112 cm³/mol. The van der Waals surface area contributed by atoms with E-state index in [0.717, 1.165) is 13.1 Å². The molecule has 0 aliphatic heterocycles. The smallest absolute Gasteiger partial charge is 0.205 e. The van der Waals surface area contributed by atoms with Crippen molar-refractivity contribution in [3.63, 3.8) is 0 Å². The summed E-state index contributed by atoms with van der Waals surface area (Å²) >= 11 is 0. The fourth-order valence-corrected chi connectivity index (χ4v) is 4.53. The Balaban J connectivity index is 1.93. The molecule has 0 bridgehead atoms. The molecule has 2 heterocycles. The van der Waals surface area contributed by atoms with Gasteiger partial charge in [0.2, 0.25) is 5.52 Å². The van der Waals surface area contributed by atoms with Gasteiger partial charge >= 0.3 is 0 Å². The van der Waals surface area contributed by atoms with Crippen molar-refractivity contribution in [2.45, 2.75) is 71.9 Å². The van der Waals surface area contributed by atoms with Gasteiger partial charge in [-0.05, 0) is 11.6 Å². The van der Waals surface area contributed by atoms with Crippen molar-refractivity contribution in [3.05, 3.63) is 60.0 Å². The Morgan fingerprint density at radius 1 is 0.852 bits per heavy atom. The molecule has 1 aliphatic rings. The molecule has 27 heavy (non-hydrogen) atoms. The second-order valence-corrected chi connectivity index (χ2v) is 8.47. The van der Waals surface area contributed by atoms with Gasteiger partial charge in [-0.15, -0.1) is 0 Å². The highest BCUT2D eigenvalue weighted by atomic mass is 15.0. The first-order valence-electron chi connectivity index (χ1n) is 10.6. The van der Waals surface area contributed by atoms with Gasteiger partial charge in [0.05, 0.1) is 5.39 Å². The summed E-state index contributed by atoms with van der Waals surface area (Å²) in [5, 5.41) is 1.39. The summed E-state index contributed by atoms with van der Waals surface area (Å²) in [7, 11) is 0. The molecule has 1 aromatic carbocycles. The van der Waals surface area contributed by atoms with Gasteiger partial charge in [-0.25, -0.2) is 4.57 Å². The van der Waals surface area contributed by atoms with Gasteiger partial charge in [0.1, 0.15) is 13.1 Å². The second kappa shape index (κ2) is 7.07. The first-order chi connectivity index (χ1) is 13.1. The SMILES string of the molecule is CCCC[n+]1ccc2c(c1)C(C)(C)c1c[n+](CCCC)c3ccccc3c1-2. The minimum absolute atomic E-state index is 0.0396. The van der Waals surface area contributed by atoms with Crippen LogP contribution in [0.1, 0.15) is 64.5 Å². The standard InChI is InChI=1S/C25H32N2/c1-5-7-14-26-16-13-19-21(17-26)25(3,4)22-18-27(15-8-6-2)23-12-10-9-11-20(23)24(19)22/h9-13,16-18H,5-8,14-15H2,1-4H3/q+2. The van der Waals surface area contributed by atoms with E-state index in [1.165, 1.54) is 58.8 Å². The molecule has 1 aliphatic carbocycles. The number of benzene rings is 1. The molecule has 4 rings (SSSR count). The lowest BCUT2D eigenvalue weighted by Crippen LogP contribution is -2.37. The van der Waals surface area contributed by atoms with Crippen molar-refractivity contribution in [1.82, 2.24) is 0 Å². The van der Waals surface area contributed by atoms with E-state index in [1.54, 1.807) is 0 Å². The lowest BCUT2D eigenvalue weighted by molar-refractivity contribution is -0.697. The van der Waals surface area contributed by atoms with Gasteiger partial charge < -0.3 is 0 Å². The average molecular weight is 361 g/mol. The van der Waals surface area contributed by atoms with Crippen LogP contribution in [-0.2, 0) is 18.5 Å². The van der Waals surface area contributed by atoms with Crippen molar-refractivity contribution in [3.8, 4) is 11.1 Å². The number of aromatic nitrogens is 2. The quantitative estimate of drug-likeness (QED) is 0.526. The average Bonchev–Trinajstić information content (AvgIpc) is 2.91. The summed E-state index contributed by atoms with van der Waals surface area (Å²) in [6.07, 6.45) is 12.0. The second-order valence-electron chi connectivity index (χ2n) is 8.47. The summed E-state index contributed by atoms with van der Waals surface area (Å²) in [6, 6.07) is 11.3. The molecule has 0 unspecified atom stereocenters. The number of aryl methyl sites for hydroxylation is 2. The summed E-state index contributed by atoms with van der Waals surface area (Å²) in [5.74, 6) is 0. The van der Waals surface area contributed by atoms with Crippen LogP contribution in [0.2, 0.25) is 0 Å². The number of hydrogen-bond donors (Lipinski definition) is 0. The fourth-order valence-electron chi connectivity index (χ4n) is 4.53. The van der Waals surface area contributed by atoms with Gasteiger partial charge in [0.25, 0.3) is 0 Å². The molecule has 2 heteroatoms. The predicted octanol–water partition coefficient (Wildman–Crippen LogP) is 5.32. The Hall–Kier alpha value is -2.22. The van der Waals surface area contributed by atoms with Crippen molar-refractivity contribution in [2.75, 3.05) is 0 Å². The number of hydrogen-bond acceptors (Lipinski definition) is 0. The third-order valence-electron chi connectivity index (χ3n) is 6.19. The summed E-state index contributed by atoms with van der Waals surface area (Å²) < 4.78 is 4.86. The van der Waals surface area contributed by atoms with Crippen LogP contribution in [0.3, 0.4) is 0 Å². The monoisotopic (exact) mass is 360 g/mol. The van der Waals surface area contributed by atoms with Gasteiger partial charge in [-0.2, -0.15) is 4.57 Å². The summed E-state index contributed by atoms with van der Waals surface area (Å²) in [4.78, 5) is 0. The zero-order valence-corrected chi connectivity index (χ0v) is 17.3. The minimum Gasteiger partial charge on any atom is -0.205 e. The van der Waals surface area contributed by atoms with Crippen molar-refractivity contribution < 1.29 is 9.13 Å². The van der Waals surface area contributed by atoms with E-state index >= 15 is 0 Å². The lowest BCUT2D eigenvalue weighted by atomic mass is 9.83. The van der Waals surface area contributed by atoms with Crippen LogP contribution in [0.25, 0.3) is 22.0 Å². The third kappa shape index (κ3) is 2.96. The van der Waals surface area contributed by atoms with Crippen molar-refractivity contribution >= 4 is 10.9 Å². The lowest BCUT2D eigenvalue weighted by Gasteiger charge is -2.19. The zero-order valence-electron chi connectivity index (χ0n) is 17.3. The van der Waals surface area contributed by atoms with Crippen LogP contribution in [-0.4, -0.2) is 0 Å². The van der Waals surface area contributed by atoms with E-state index in [0.29, 0.717) is 0 Å². The van der Waals surface area contributed by atoms with Crippen LogP contribution in [0, 0.1) is 0 Å². The molecule has 0 saturated heterocycles. The van der Waals surface area contributed by atoms with Crippen molar-refractivity contribution in [1.29, 1.82) is 0 Å². The number of pyridine rings is 2. The fraction of sp³-hybridized carbons (Fsp3) is 0.440. The Bertz CT molecular complexity index is 985. The molecule has 0 amide bonds. The molecular formula is C25H32N2+2. The van der Waals surface area contributed by atoms with Gasteiger partial charge in [-0.1, -0.05) is 52.7 Å². The van der Waals surface area contributed by atoms with Crippen LogP contribution in [0.5, 0.6) is 0 Å². The Kier molecular flexibility index (Phi) is 4.75. The maximum atomic E-state index is 2.48. The normalized spacial score (nSPS) is 14.4. The Morgan fingerprint density at radius 3 is 2.37 bits per heavy atom. The number of para-hydroxylation sites is 1.